The molecule has 4 nitrogen and oxygen atoms in total. The number of rotatable bonds is 8. The molecular formula is C23H19ClFN3OS2. The van der Waals surface area contributed by atoms with Gasteiger partial charge in [-0.05, 0) is 60.2 Å². The number of carbonyl (C=O) groups excluding carboxylic acids is 1. The van der Waals surface area contributed by atoms with E-state index in [4.69, 9.17) is 11.6 Å². The summed E-state index contributed by atoms with van der Waals surface area (Å²) in [5, 5.41) is 1.21. The lowest BCUT2D eigenvalue weighted by Gasteiger charge is -2.20. The summed E-state index contributed by atoms with van der Waals surface area (Å²) < 4.78 is 14.9. The van der Waals surface area contributed by atoms with Crippen molar-refractivity contribution >= 4 is 56.0 Å². The first-order valence-corrected chi connectivity index (χ1v) is 11.9. The van der Waals surface area contributed by atoms with Gasteiger partial charge in [0.2, 0.25) is 5.91 Å². The number of hydrogen-bond donors (Lipinski definition) is 0. The topological polar surface area (TPSA) is 46.1 Å². The Labute approximate surface area is 193 Å². The second kappa shape index (κ2) is 10.2. The van der Waals surface area contributed by atoms with Gasteiger partial charge in [-0.25, -0.2) is 9.37 Å². The van der Waals surface area contributed by atoms with E-state index in [1.165, 1.54) is 17.4 Å². The van der Waals surface area contributed by atoms with Crippen molar-refractivity contribution in [2.75, 3.05) is 10.7 Å². The van der Waals surface area contributed by atoms with Crippen LogP contribution in [-0.4, -0.2) is 21.6 Å². The Kier molecular flexibility index (Phi) is 7.17. The molecule has 0 aliphatic rings. The summed E-state index contributed by atoms with van der Waals surface area (Å²) in [4.78, 5) is 24.4. The zero-order chi connectivity index (χ0) is 21.6. The summed E-state index contributed by atoms with van der Waals surface area (Å²) in [5.74, 6) is 0.385. The lowest BCUT2D eigenvalue weighted by molar-refractivity contribution is -0.118. The quantitative estimate of drug-likeness (QED) is 0.215. The first-order chi connectivity index (χ1) is 15.1. The monoisotopic (exact) mass is 471 g/mol. The molecule has 0 aliphatic carbocycles. The number of benzene rings is 2. The predicted octanol–water partition coefficient (Wildman–Crippen LogP) is 6.59. The summed E-state index contributed by atoms with van der Waals surface area (Å²) in [7, 11) is 0. The molecule has 0 atom stereocenters. The SMILES string of the molecule is O=C(CCCSc1ccc(Cl)cc1)N(Cc1cccnc1)c1nc2c(F)cccc2s1. The van der Waals surface area contributed by atoms with Gasteiger partial charge < -0.3 is 0 Å². The molecule has 8 heteroatoms. The minimum absolute atomic E-state index is 0.0416. The highest BCUT2D eigenvalue weighted by atomic mass is 35.5. The maximum atomic E-state index is 14.1. The number of pyridine rings is 1. The second-order valence-corrected chi connectivity index (χ2v) is 9.44. The Hall–Kier alpha value is -2.48. The van der Waals surface area contributed by atoms with Crippen LogP contribution >= 0.6 is 34.7 Å². The third-order valence-corrected chi connectivity index (χ3v) is 6.97. The number of aromatic nitrogens is 2. The molecule has 31 heavy (non-hydrogen) atoms. The van der Waals surface area contributed by atoms with Gasteiger partial charge in [-0.3, -0.25) is 14.7 Å². The molecule has 1 amide bonds. The summed E-state index contributed by atoms with van der Waals surface area (Å²) in [6, 6.07) is 16.3. The van der Waals surface area contributed by atoms with Crippen molar-refractivity contribution in [2.24, 2.45) is 0 Å². The lowest BCUT2D eigenvalue weighted by Crippen LogP contribution is -2.30. The van der Waals surface area contributed by atoms with Gasteiger partial charge in [-0.15, -0.1) is 11.8 Å². The molecule has 2 aromatic carbocycles. The number of anilines is 1. The predicted molar refractivity (Wildman–Crippen MR) is 126 cm³/mol. The van der Waals surface area contributed by atoms with Gasteiger partial charge in [-0.1, -0.05) is 35.1 Å². The number of carbonyl (C=O) groups is 1. The standard InChI is InChI=1S/C23H19ClFN3OS2/c24-17-8-10-18(11-9-17)30-13-3-7-21(29)28(15-16-4-2-12-26-14-16)23-27-22-19(25)5-1-6-20(22)31-23/h1-2,4-6,8-12,14H,3,7,13,15H2. The third-order valence-electron chi connectivity index (χ3n) is 4.57. The molecule has 0 spiro atoms. The van der Waals surface area contributed by atoms with Crippen molar-refractivity contribution in [3.63, 3.8) is 0 Å². The first kappa shape index (κ1) is 21.7. The maximum Gasteiger partial charge on any atom is 0.229 e. The Morgan fingerprint density at radius 2 is 1.97 bits per heavy atom. The fourth-order valence-electron chi connectivity index (χ4n) is 3.03. The van der Waals surface area contributed by atoms with Crippen molar-refractivity contribution in [1.82, 2.24) is 9.97 Å². The van der Waals surface area contributed by atoms with E-state index < -0.39 is 0 Å². The second-order valence-electron chi connectivity index (χ2n) is 6.83. The van der Waals surface area contributed by atoms with Gasteiger partial charge in [0.25, 0.3) is 0 Å². The van der Waals surface area contributed by atoms with E-state index in [2.05, 4.69) is 9.97 Å². The van der Waals surface area contributed by atoms with Gasteiger partial charge in [-0.2, -0.15) is 0 Å². The van der Waals surface area contributed by atoms with Crippen molar-refractivity contribution in [3.8, 4) is 0 Å². The van der Waals surface area contributed by atoms with E-state index in [0.717, 1.165) is 27.3 Å². The summed E-state index contributed by atoms with van der Waals surface area (Å²) >= 11 is 8.93. The highest BCUT2D eigenvalue weighted by Crippen LogP contribution is 2.32. The largest absolute Gasteiger partial charge is 0.284 e. The zero-order valence-electron chi connectivity index (χ0n) is 16.5. The molecule has 0 fully saturated rings. The van der Waals surface area contributed by atoms with Crippen LogP contribution < -0.4 is 4.90 Å². The maximum absolute atomic E-state index is 14.1. The smallest absolute Gasteiger partial charge is 0.229 e. The van der Waals surface area contributed by atoms with E-state index >= 15 is 0 Å². The van der Waals surface area contributed by atoms with Crippen LogP contribution in [0.4, 0.5) is 9.52 Å². The average Bonchev–Trinajstić information content (AvgIpc) is 3.22. The van der Waals surface area contributed by atoms with Crippen molar-refractivity contribution < 1.29 is 9.18 Å². The van der Waals surface area contributed by atoms with Crippen LogP contribution in [0.5, 0.6) is 0 Å². The molecule has 0 saturated carbocycles. The van der Waals surface area contributed by atoms with Crippen molar-refractivity contribution in [2.45, 2.75) is 24.3 Å². The molecule has 0 N–H and O–H groups in total. The van der Waals surface area contributed by atoms with Gasteiger partial charge >= 0.3 is 0 Å². The number of nitrogens with zero attached hydrogens (tertiary/aromatic N) is 3. The van der Waals surface area contributed by atoms with Crippen LogP contribution in [0.1, 0.15) is 18.4 Å². The van der Waals surface area contributed by atoms with Gasteiger partial charge in [0, 0.05) is 28.7 Å². The normalized spacial score (nSPS) is 11.0. The molecular weight excluding hydrogens is 453 g/mol. The Bertz CT molecular complexity index is 1170. The number of hydrogen-bond acceptors (Lipinski definition) is 5. The highest BCUT2D eigenvalue weighted by molar-refractivity contribution is 7.99. The molecule has 0 saturated heterocycles. The highest BCUT2D eigenvalue weighted by Gasteiger charge is 2.21. The summed E-state index contributed by atoms with van der Waals surface area (Å²) in [6.45, 7) is 0.346. The fourth-order valence-corrected chi connectivity index (χ4v) is 5.01. The Balaban J connectivity index is 1.47. The summed E-state index contributed by atoms with van der Waals surface area (Å²) in [6.07, 6.45) is 4.51. The molecule has 4 rings (SSSR count). The van der Waals surface area contributed by atoms with Crippen molar-refractivity contribution in [3.05, 3.63) is 83.4 Å². The van der Waals surface area contributed by atoms with E-state index in [-0.39, 0.29) is 11.7 Å². The molecule has 0 radical (unpaired) electrons. The average molecular weight is 472 g/mol. The van der Waals surface area contributed by atoms with E-state index in [9.17, 15) is 9.18 Å². The number of para-hydroxylation sites is 1. The van der Waals surface area contributed by atoms with Crippen LogP contribution in [0.25, 0.3) is 10.2 Å². The van der Waals surface area contributed by atoms with Crippen LogP contribution in [-0.2, 0) is 11.3 Å². The minimum Gasteiger partial charge on any atom is -0.284 e. The van der Waals surface area contributed by atoms with Crippen LogP contribution in [0.3, 0.4) is 0 Å². The third kappa shape index (κ3) is 5.61. The van der Waals surface area contributed by atoms with Gasteiger partial charge in [0.1, 0.15) is 11.3 Å². The van der Waals surface area contributed by atoms with Crippen LogP contribution in [0.15, 0.2) is 71.9 Å². The molecule has 2 heterocycles. The van der Waals surface area contributed by atoms with Gasteiger partial charge in [0.05, 0.1) is 11.2 Å². The molecule has 2 aromatic heterocycles. The number of fused-ring (bicyclic) bond motifs is 1. The molecule has 158 valence electrons. The molecule has 0 bridgehead atoms. The number of thioether (sulfide) groups is 1. The van der Waals surface area contributed by atoms with Gasteiger partial charge in [0.15, 0.2) is 5.13 Å². The van der Waals surface area contributed by atoms with E-state index in [1.807, 2.05) is 42.5 Å². The Morgan fingerprint density at radius 1 is 1.13 bits per heavy atom. The number of thiazole rings is 1. The zero-order valence-corrected chi connectivity index (χ0v) is 18.9. The van der Waals surface area contributed by atoms with E-state index in [1.54, 1.807) is 35.1 Å². The molecule has 4 aromatic rings. The van der Waals surface area contributed by atoms with Crippen molar-refractivity contribution in [1.29, 1.82) is 0 Å². The summed E-state index contributed by atoms with van der Waals surface area (Å²) in [5.41, 5.74) is 1.19. The molecule has 0 unspecified atom stereocenters. The van der Waals surface area contributed by atoms with E-state index in [0.29, 0.717) is 28.6 Å². The number of halogens is 2. The van der Waals surface area contributed by atoms with Crippen LogP contribution in [0, 0.1) is 5.82 Å². The molecule has 0 aliphatic heterocycles. The first-order valence-electron chi connectivity index (χ1n) is 9.73. The number of amides is 1. The lowest BCUT2D eigenvalue weighted by atomic mass is 10.2. The fraction of sp³-hybridized carbons (Fsp3) is 0.174. The van der Waals surface area contributed by atoms with Crippen LogP contribution in [0.2, 0.25) is 5.02 Å². The Morgan fingerprint density at radius 3 is 2.71 bits per heavy atom. The minimum atomic E-state index is -0.381.